The highest BCUT2D eigenvalue weighted by atomic mass is 15.3. The van der Waals surface area contributed by atoms with Crippen LogP contribution in [0.25, 0.3) is 0 Å². The Bertz CT molecular complexity index is 530. The second kappa shape index (κ2) is 8.13. The van der Waals surface area contributed by atoms with Crippen LogP contribution in [0.15, 0.2) is 49.3 Å². The second-order valence-corrected chi connectivity index (χ2v) is 5.01. The summed E-state index contributed by atoms with van der Waals surface area (Å²) in [7, 11) is 1.96. The van der Waals surface area contributed by atoms with E-state index in [1.165, 1.54) is 0 Å². The smallest absolute Gasteiger partial charge is 0.101 e. The third-order valence-electron chi connectivity index (χ3n) is 3.27. The summed E-state index contributed by atoms with van der Waals surface area (Å²) in [5, 5.41) is 9.04. The Morgan fingerprint density at radius 1 is 1.52 bits per heavy atom. The van der Waals surface area contributed by atoms with Crippen molar-refractivity contribution in [3.63, 3.8) is 0 Å². The standard InChI is InChI=1S/C17H24N4/c1-5-10-21(14(3)20(4)13-16(19)6-2)17-9-7-8-15(11-17)12-18/h6-9,11,16H,2-3,5,10,13,19H2,1,4H3. The molecule has 1 aromatic carbocycles. The van der Waals surface area contributed by atoms with Crippen molar-refractivity contribution in [3.05, 3.63) is 54.9 Å². The minimum atomic E-state index is -0.0966. The molecule has 0 aromatic heterocycles. The predicted octanol–water partition coefficient (Wildman–Crippen LogP) is 2.69. The zero-order valence-corrected chi connectivity index (χ0v) is 12.9. The molecule has 0 aliphatic heterocycles. The Balaban J connectivity index is 2.97. The molecule has 0 fully saturated rings. The third kappa shape index (κ3) is 4.66. The van der Waals surface area contributed by atoms with Gasteiger partial charge in [0.1, 0.15) is 5.82 Å². The molecular weight excluding hydrogens is 260 g/mol. The van der Waals surface area contributed by atoms with Crippen LogP contribution in [0, 0.1) is 11.3 Å². The third-order valence-corrected chi connectivity index (χ3v) is 3.27. The van der Waals surface area contributed by atoms with Gasteiger partial charge in [0.25, 0.3) is 0 Å². The quantitative estimate of drug-likeness (QED) is 0.746. The fourth-order valence-electron chi connectivity index (χ4n) is 2.08. The maximum absolute atomic E-state index is 9.04. The van der Waals surface area contributed by atoms with Crippen LogP contribution in [-0.2, 0) is 0 Å². The van der Waals surface area contributed by atoms with Crippen LogP contribution in [0.1, 0.15) is 18.9 Å². The van der Waals surface area contributed by atoms with E-state index in [0.717, 1.165) is 24.5 Å². The van der Waals surface area contributed by atoms with Gasteiger partial charge in [-0.05, 0) is 24.6 Å². The topological polar surface area (TPSA) is 56.3 Å². The number of rotatable bonds is 8. The number of benzene rings is 1. The molecule has 0 heterocycles. The van der Waals surface area contributed by atoms with E-state index in [0.29, 0.717) is 12.1 Å². The van der Waals surface area contributed by atoms with Gasteiger partial charge in [0, 0.05) is 31.9 Å². The average Bonchev–Trinajstić information content (AvgIpc) is 2.51. The normalized spacial score (nSPS) is 11.3. The largest absolute Gasteiger partial charge is 0.360 e. The Morgan fingerprint density at radius 3 is 2.81 bits per heavy atom. The summed E-state index contributed by atoms with van der Waals surface area (Å²) in [5.74, 6) is 0.865. The fourth-order valence-corrected chi connectivity index (χ4v) is 2.08. The van der Waals surface area contributed by atoms with Crippen LogP contribution >= 0.6 is 0 Å². The first-order valence-electron chi connectivity index (χ1n) is 7.09. The van der Waals surface area contributed by atoms with Gasteiger partial charge in [-0.25, -0.2) is 0 Å². The maximum Gasteiger partial charge on any atom is 0.101 e. The number of nitrogens with two attached hydrogens (primary N) is 1. The lowest BCUT2D eigenvalue weighted by molar-refractivity contribution is 0.391. The lowest BCUT2D eigenvalue weighted by Crippen LogP contribution is -2.39. The highest BCUT2D eigenvalue weighted by molar-refractivity contribution is 5.55. The number of hydrogen-bond acceptors (Lipinski definition) is 4. The maximum atomic E-state index is 9.04. The molecule has 1 atom stereocenters. The number of nitrogens with zero attached hydrogens (tertiary/aromatic N) is 3. The Labute approximate surface area is 127 Å². The molecule has 0 aliphatic carbocycles. The van der Waals surface area contributed by atoms with Crippen LogP contribution in [0.3, 0.4) is 0 Å². The van der Waals surface area contributed by atoms with Crippen molar-refractivity contribution in [2.75, 3.05) is 25.0 Å². The first-order chi connectivity index (χ1) is 10.0. The molecule has 4 nitrogen and oxygen atoms in total. The molecule has 0 aliphatic rings. The van der Waals surface area contributed by atoms with E-state index in [1.807, 2.05) is 30.1 Å². The summed E-state index contributed by atoms with van der Waals surface area (Å²) >= 11 is 0. The van der Waals surface area contributed by atoms with Crippen LogP contribution < -0.4 is 10.6 Å². The molecule has 1 rings (SSSR count). The van der Waals surface area contributed by atoms with Crippen molar-refractivity contribution in [2.24, 2.45) is 5.73 Å². The van der Waals surface area contributed by atoms with E-state index in [-0.39, 0.29) is 6.04 Å². The van der Waals surface area contributed by atoms with Gasteiger partial charge in [0.05, 0.1) is 11.6 Å². The SMILES string of the molecule is C=CC(N)CN(C)C(=C)N(CCC)c1cccc(C#N)c1. The summed E-state index contributed by atoms with van der Waals surface area (Å²) in [6.45, 7) is 11.5. The zero-order valence-electron chi connectivity index (χ0n) is 12.9. The Kier molecular flexibility index (Phi) is 6.51. The van der Waals surface area contributed by atoms with Gasteiger partial charge in [-0.1, -0.05) is 25.6 Å². The van der Waals surface area contributed by atoms with Gasteiger partial charge in [-0.3, -0.25) is 0 Å². The van der Waals surface area contributed by atoms with Gasteiger partial charge in [0.15, 0.2) is 0 Å². The van der Waals surface area contributed by atoms with Crippen LogP contribution in [0.2, 0.25) is 0 Å². The van der Waals surface area contributed by atoms with Gasteiger partial charge < -0.3 is 15.5 Å². The van der Waals surface area contributed by atoms with E-state index in [9.17, 15) is 0 Å². The molecule has 2 N–H and O–H groups in total. The molecule has 0 radical (unpaired) electrons. The van der Waals surface area contributed by atoms with Gasteiger partial charge >= 0.3 is 0 Å². The second-order valence-electron chi connectivity index (χ2n) is 5.01. The van der Waals surface area contributed by atoms with E-state index in [1.54, 1.807) is 12.1 Å². The van der Waals surface area contributed by atoms with Gasteiger partial charge in [-0.15, -0.1) is 6.58 Å². The first-order valence-corrected chi connectivity index (χ1v) is 7.09. The summed E-state index contributed by atoms with van der Waals surface area (Å²) < 4.78 is 0. The average molecular weight is 284 g/mol. The highest BCUT2D eigenvalue weighted by Gasteiger charge is 2.15. The van der Waals surface area contributed by atoms with Crippen molar-refractivity contribution < 1.29 is 0 Å². The van der Waals surface area contributed by atoms with Crippen LogP contribution in [-0.4, -0.2) is 31.1 Å². The van der Waals surface area contributed by atoms with Crippen molar-refractivity contribution in [3.8, 4) is 6.07 Å². The molecule has 1 aromatic rings. The van der Waals surface area contributed by atoms with Crippen molar-refractivity contribution in [1.82, 2.24) is 4.90 Å². The zero-order chi connectivity index (χ0) is 15.8. The summed E-state index contributed by atoms with van der Waals surface area (Å²) in [6.07, 6.45) is 2.71. The number of likely N-dealkylation sites (N-methyl/N-ethyl adjacent to an activating group) is 1. The molecule has 0 spiro atoms. The van der Waals surface area contributed by atoms with Crippen LogP contribution in [0.4, 0.5) is 5.69 Å². The molecule has 0 saturated heterocycles. The summed E-state index contributed by atoms with van der Waals surface area (Å²) in [4.78, 5) is 4.12. The number of anilines is 1. The minimum absolute atomic E-state index is 0.0966. The van der Waals surface area contributed by atoms with Crippen molar-refractivity contribution >= 4 is 5.69 Å². The first kappa shape index (κ1) is 16.8. The molecule has 0 amide bonds. The van der Waals surface area contributed by atoms with Crippen molar-refractivity contribution in [1.29, 1.82) is 5.26 Å². The van der Waals surface area contributed by atoms with Gasteiger partial charge in [-0.2, -0.15) is 5.26 Å². The van der Waals surface area contributed by atoms with E-state index < -0.39 is 0 Å². The molecule has 0 bridgehead atoms. The van der Waals surface area contributed by atoms with E-state index in [2.05, 4.69) is 31.1 Å². The molecule has 1 unspecified atom stereocenters. The number of nitriles is 1. The molecule has 0 saturated carbocycles. The molecule has 4 heteroatoms. The predicted molar refractivity (Wildman–Crippen MR) is 88.7 cm³/mol. The molecule has 21 heavy (non-hydrogen) atoms. The highest BCUT2D eigenvalue weighted by Crippen LogP contribution is 2.21. The Hall–Kier alpha value is -2.25. The summed E-state index contributed by atoms with van der Waals surface area (Å²) in [6, 6.07) is 9.63. The fraction of sp³-hybridized carbons (Fsp3) is 0.353. The van der Waals surface area contributed by atoms with Crippen molar-refractivity contribution in [2.45, 2.75) is 19.4 Å². The summed E-state index contributed by atoms with van der Waals surface area (Å²) in [5.41, 5.74) is 7.53. The van der Waals surface area contributed by atoms with E-state index in [4.69, 9.17) is 11.0 Å². The molecular formula is C17H24N4. The van der Waals surface area contributed by atoms with Crippen LogP contribution in [0.5, 0.6) is 0 Å². The Morgan fingerprint density at radius 2 is 2.24 bits per heavy atom. The van der Waals surface area contributed by atoms with E-state index >= 15 is 0 Å². The number of hydrogen-bond donors (Lipinski definition) is 1. The lowest BCUT2D eigenvalue weighted by Gasteiger charge is -2.34. The lowest BCUT2D eigenvalue weighted by atomic mass is 10.2. The monoisotopic (exact) mass is 284 g/mol. The molecule has 112 valence electrons. The van der Waals surface area contributed by atoms with Gasteiger partial charge in [0.2, 0.25) is 0 Å². The minimum Gasteiger partial charge on any atom is -0.360 e.